The first-order valence-corrected chi connectivity index (χ1v) is 5.65. The summed E-state index contributed by atoms with van der Waals surface area (Å²) in [6.07, 6.45) is -0.495. The van der Waals surface area contributed by atoms with E-state index in [-0.39, 0.29) is 12.1 Å². The number of para-hydroxylation sites is 1. The van der Waals surface area contributed by atoms with E-state index in [1.807, 2.05) is 30.3 Å². The van der Waals surface area contributed by atoms with Gasteiger partial charge in [0.05, 0.1) is 12.3 Å². The zero-order chi connectivity index (χ0) is 12.3. The molecule has 1 aromatic rings. The molecule has 0 unspecified atom stereocenters. The van der Waals surface area contributed by atoms with Crippen molar-refractivity contribution in [3.8, 4) is 0 Å². The van der Waals surface area contributed by atoms with Crippen LogP contribution in [0.25, 0.3) is 0 Å². The Morgan fingerprint density at radius 3 is 2.88 bits per heavy atom. The molecule has 0 aromatic heterocycles. The van der Waals surface area contributed by atoms with Crippen molar-refractivity contribution in [1.29, 1.82) is 0 Å². The molecule has 92 valence electrons. The minimum absolute atomic E-state index is 0.327. The Hall–Kier alpha value is -1.59. The average molecular weight is 236 g/mol. The summed E-state index contributed by atoms with van der Waals surface area (Å²) in [4.78, 5) is 17.0. The van der Waals surface area contributed by atoms with Gasteiger partial charge in [0.2, 0.25) is 0 Å². The Morgan fingerprint density at radius 1 is 1.53 bits per heavy atom. The lowest BCUT2D eigenvalue weighted by Crippen LogP contribution is -2.35. The molecular formula is C12H16N2O3. The van der Waals surface area contributed by atoms with E-state index >= 15 is 0 Å². The van der Waals surface area contributed by atoms with E-state index in [0.717, 1.165) is 5.69 Å². The molecule has 2 rings (SSSR count). The number of hydrogen-bond acceptors (Lipinski definition) is 5. The van der Waals surface area contributed by atoms with Crippen LogP contribution in [0.3, 0.4) is 0 Å². The van der Waals surface area contributed by atoms with Crippen LogP contribution in [0, 0.1) is 0 Å². The fourth-order valence-corrected chi connectivity index (χ4v) is 1.78. The third-order valence-corrected chi connectivity index (χ3v) is 2.56. The van der Waals surface area contributed by atoms with Crippen LogP contribution >= 0.6 is 0 Å². The summed E-state index contributed by atoms with van der Waals surface area (Å²) in [7, 11) is 0. The molecule has 1 saturated heterocycles. The number of carbonyl (C=O) groups excluding carboxylic acids is 1. The van der Waals surface area contributed by atoms with Crippen LogP contribution in [-0.4, -0.2) is 24.8 Å². The van der Waals surface area contributed by atoms with Gasteiger partial charge in [-0.1, -0.05) is 18.2 Å². The van der Waals surface area contributed by atoms with E-state index in [4.69, 9.17) is 15.3 Å². The summed E-state index contributed by atoms with van der Waals surface area (Å²) >= 11 is 0. The zero-order valence-electron chi connectivity index (χ0n) is 9.70. The van der Waals surface area contributed by atoms with Crippen LogP contribution in [0.5, 0.6) is 0 Å². The van der Waals surface area contributed by atoms with Gasteiger partial charge in [-0.3, -0.25) is 4.84 Å². The van der Waals surface area contributed by atoms with E-state index < -0.39 is 6.10 Å². The normalized spacial score (nSPS) is 23.8. The maximum absolute atomic E-state index is 11.5. The average Bonchev–Trinajstić information content (AvgIpc) is 2.73. The first kappa shape index (κ1) is 11.9. The van der Waals surface area contributed by atoms with Gasteiger partial charge in [0.15, 0.2) is 6.10 Å². The second-order valence-corrected chi connectivity index (χ2v) is 3.81. The molecule has 0 amide bonds. The molecule has 0 aliphatic carbocycles. The first-order valence-electron chi connectivity index (χ1n) is 5.65. The lowest BCUT2D eigenvalue weighted by molar-refractivity contribution is -0.154. The van der Waals surface area contributed by atoms with Gasteiger partial charge in [-0.2, -0.15) is 0 Å². The van der Waals surface area contributed by atoms with Gasteiger partial charge in [0.1, 0.15) is 6.17 Å². The molecular weight excluding hydrogens is 220 g/mol. The van der Waals surface area contributed by atoms with Gasteiger partial charge in [0, 0.05) is 6.42 Å². The molecule has 1 heterocycles. The smallest absolute Gasteiger partial charge is 0.338 e. The Labute approximate surface area is 100 Å². The Balaban J connectivity index is 2.05. The third kappa shape index (κ3) is 2.57. The monoisotopic (exact) mass is 236 g/mol. The molecule has 1 aromatic carbocycles. The minimum Gasteiger partial charge on any atom is -0.464 e. The number of anilines is 1. The van der Waals surface area contributed by atoms with Crippen LogP contribution in [-0.2, 0) is 14.4 Å². The van der Waals surface area contributed by atoms with Crippen molar-refractivity contribution in [2.45, 2.75) is 25.6 Å². The first-order chi connectivity index (χ1) is 8.22. The van der Waals surface area contributed by atoms with Crippen molar-refractivity contribution in [3.63, 3.8) is 0 Å². The number of nitrogens with zero attached hydrogens (tertiary/aromatic N) is 1. The summed E-state index contributed by atoms with van der Waals surface area (Å²) < 4.78 is 4.91. The SMILES string of the molecule is CCOC(=O)[C@H]1C[C@H](N)N(c2ccccc2)O1. The van der Waals surface area contributed by atoms with Gasteiger partial charge in [-0.15, -0.1) is 0 Å². The number of esters is 1. The molecule has 2 atom stereocenters. The summed E-state index contributed by atoms with van der Waals surface area (Å²) in [5.74, 6) is -0.360. The van der Waals surface area contributed by atoms with Gasteiger partial charge in [0.25, 0.3) is 0 Å². The summed E-state index contributed by atoms with van der Waals surface area (Å²) in [5.41, 5.74) is 6.77. The van der Waals surface area contributed by atoms with Crippen molar-refractivity contribution in [2.24, 2.45) is 5.73 Å². The second kappa shape index (κ2) is 5.16. The number of hydroxylamine groups is 1. The van der Waals surface area contributed by atoms with E-state index in [0.29, 0.717) is 13.0 Å². The fraction of sp³-hybridized carbons (Fsp3) is 0.417. The fourth-order valence-electron chi connectivity index (χ4n) is 1.78. The molecule has 17 heavy (non-hydrogen) atoms. The van der Waals surface area contributed by atoms with Gasteiger partial charge in [-0.05, 0) is 19.1 Å². The Morgan fingerprint density at radius 2 is 2.24 bits per heavy atom. The molecule has 0 spiro atoms. The van der Waals surface area contributed by atoms with Crippen molar-refractivity contribution in [2.75, 3.05) is 11.7 Å². The molecule has 2 N–H and O–H groups in total. The lowest BCUT2D eigenvalue weighted by atomic mass is 10.2. The molecule has 1 aliphatic heterocycles. The van der Waals surface area contributed by atoms with E-state index in [1.165, 1.54) is 0 Å². The molecule has 5 nitrogen and oxygen atoms in total. The van der Waals surface area contributed by atoms with Crippen LogP contribution < -0.4 is 10.8 Å². The second-order valence-electron chi connectivity index (χ2n) is 3.81. The number of hydrogen-bond donors (Lipinski definition) is 1. The van der Waals surface area contributed by atoms with Crippen LogP contribution in [0.4, 0.5) is 5.69 Å². The highest BCUT2D eigenvalue weighted by molar-refractivity contribution is 5.75. The molecule has 0 radical (unpaired) electrons. The van der Waals surface area contributed by atoms with Crippen molar-refractivity contribution in [1.82, 2.24) is 0 Å². The summed E-state index contributed by atoms with van der Waals surface area (Å²) in [6.45, 7) is 2.11. The largest absolute Gasteiger partial charge is 0.464 e. The minimum atomic E-state index is -0.606. The standard InChI is InChI=1S/C12H16N2O3/c1-2-16-12(15)10-8-11(13)14(17-10)9-6-4-3-5-7-9/h3-7,10-11H,2,8,13H2,1H3/t10-,11-/m1/s1. The third-order valence-electron chi connectivity index (χ3n) is 2.56. The van der Waals surface area contributed by atoms with Gasteiger partial charge >= 0.3 is 5.97 Å². The van der Waals surface area contributed by atoms with E-state index in [1.54, 1.807) is 12.0 Å². The van der Waals surface area contributed by atoms with Crippen molar-refractivity contribution >= 4 is 11.7 Å². The Kier molecular flexibility index (Phi) is 3.61. The maximum atomic E-state index is 11.5. The molecule has 0 saturated carbocycles. The van der Waals surface area contributed by atoms with Crippen LogP contribution in [0.1, 0.15) is 13.3 Å². The van der Waals surface area contributed by atoms with E-state index in [9.17, 15) is 4.79 Å². The van der Waals surface area contributed by atoms with Crippen molar-refractivity contribution < 1.29 is 14.4 Å². The number of ether oxygens (including phenoxy) is 1. The predicted molar refractivity (Wildman–Crippen MR) is 63.0 cm³/mol. The topological polar surface area (TPSA) is 64.8 Å². The van der Waals surface area contributed by atoms with Crippen molar-refractivity contribution in [3.05, 3.63) is 30.3 Å². The molecule has 0 bridgehead atoms. The molecule has 1 fully saturated rings. The maximum Gasteiger partial charge on any atom is 0.338 e. The molecule has 1 aliphatic rings. The number of benzene rings is 1. The summed E-state index contributed by atoms with van der Waals surface area (Å²) in [5, 5.41) is 1.56. The number of nitrogens with two attached hydrogens (primary N) is 1. The molecule has 5 heteroatoms. The summed E-state index contributed by atoms with van der Waals surface area (Å²) in [6, 6.07) is 9.46. The van der Waals surface area contributed by atoms with E-state index in [2.05, 4.69) is 0 Å². The van der Waals surface area contributed by atoms with Crippen LogP contribution in [0.2, 0.25) is 0 Å². The highest BCUT2D eigenvalue weighted by Crippen LogP contribution is 2.25. The van der Waals surface area contributed by atoms with Crippen LogP contribution in [0.15, 0.2) is 30.3 Å². The Bertz CT molecular complexity index is 383. The van der Waals surface area contributed by atoms with Gasteiger partial charge < -0.3 is 10.5 Å². The number of carbonyl (C=O) groups is 1. The highest BCUT2D eigenvalue weighted by Gasteiger charge is 2.36. The highest BCUT2D eigenvalue weighted by atomic mass is 16.7. The zero-order valence-corrected chi connectivity index (χ0v) is 9.70. The predicted octanol–water partition coefficient (Wildman–Crippen LogP) is 1.04. The lowest BCUT2D eigenvalue weighted by Gasteiger charge is -2.21. The quantitative estimate of drug-likeness (QED) is 0.794. The number of rotatable bonds is 3. The van der Waals surface area contributed by atoms with Gasteiger partial charge in [-0.25, -0.2) is 9.86 Å².